The zero-order valence-electron chi connectivity index (χ0n) is 61.7. The smallest absolute Gasteiger partial charge is 0.134 e. The Hall–Kier alpha value is -9.40. The van der Waals surface area contributed by atoms with Crippen molar-refractivity contribution in [2.24, 2.45) is 0 Å². The van der Waals surface area contributed by atoms with E-state index in [1.807, 2.05) is 127 Å². The predicted octanol–water partition coefficient (Wildman–Crippen LogP) is 26.2. The molecule has 0 radical (unpaired) electrons. The highest BCUT2D eigenvalue weighted by Gasteiger charge is 2.13. The Morgan fingerprint density at radius 2 is 0.469 bits per heavy atom. The van der Waals surface area contributed by atoms with Crippen LogP contribution in [0.2, 0.25) is 0 Å². The fraction of sp³-hybridized carbons (Fsp3) is 0.333. The van der Waals surface area contributed by atoms with E-state index in [0.717, 1.165) is 139 Å². The Labute approximate surface area is 590 Å². The fourth-order valence-electron chi connectivity index (χ4n) is 9.95. The van der Waals surface area contributed by atoms with Gasteiger partial charge >= 0.3 is 0 Å². The topological polar surface area (TPSA) is 73.8 Å². The highest BCUT2D eigenvalue weighted by Crippen LogP contribution is 2.34. The fourth-order valence-corrected chi connectivity index (χ4v) is 9.95. The maximum Gasteiger partial charge on any atom is 0.134 e. The first-order chi connectivity index (χ1) is 47.0. The molecule has 8 heteroatoms. The number of rotatable bonds is 30. The van der Waals surface area contributed by atoms with E-state index in [1.165, 1.54) is 62.2 Å². The molecule has 0 aromatic heterocycles. The third kappa shape index (κ3) is 33.0. The molecule has 0 unspecified atom stereocenters. The van der Waals surface area contributed by atoms with E-state index in [2.05, 4.69) is 178 Å². The van der Waals surface area contributed by atoms with Crippen LogP contribution in [-0.4, -0.2) is 26.4 Å². The molecule has 4 aliphatic rings. The maximum atomic E-state index is 5.90. The first kappa shape index (κ1) is 79.3. The van der Waals surface area contributed by atoms with Crippen LogP contribution in [0.1, 0.15) is 196 Å². The second kappa shape index (κ2) is 43.7. The summed E-state index contributed by atoms with van der Waals surface area (Å²) < 4.78 is 45.4. The monoisotopic (exact) mass is 1320 g/mol. The molecule has 4 heterocycles. The summed E-state index contributed by atoms with van der Waals surface area (Å²) in [4.78, 5) is 0. The molecule has 0 saturated heterocycles. The van der Waals surface area contributed by atoms with Crippen molar-refractivity contribution in [2.75, 3.05) is 26.4 Å². The van der Waals surface area contributed by atoms with Crippen molar-refractivity contribution < 1.29 is 37.9 Å². The molecule has 4 aliphatic heterocycles. The first-order valence-corrected chi connectivity index (χ1v) is 34.7. The van der Waals surface area contributed by atoms with Crippen LogP contribution in [0.25, 0.3) is 24.3 Å². The lowest BCUT2D eigenvalue weighted by Gasteiger charge is -2.14. The van der Waals surface area contributed by atoms with Crippen molar-refractivity contribution in [1.29, 1.82) is 0 Å². The second-order valence-electron chi connectivity index (χ2n) is 26.3. The first-order valence-electron chi connectivity index (χ1n) is 34.7. The lowest BCUT2D eigenvalue weighted by Crippen LogP contribution is -1.99. The maximum absolute atomic E-state index is 5.90. The van der Waals surface area contributed by atoms with Gasteiger partial charge in [-0.05, 0) is 320 Å². The summed E-state index contributed by atoms with van der Waals surface area (Å²) in [5, 5.41) is 0. The van der Waals surface area contributed by atoms with Gasteiger partial charge in [-0.1, -0.05) is 119 Å². The van der Waals surface area contributed by atoms with Crippen LogP contribution in [-0.2, 0) is 0 Å². The molecule has 8 rings (SSSR count). The van der Waals surface area contributed by atoms with Gasteiger partial charge in [0.25, 0.3) is 0 Å². The summed E-state index contributed by atoms with van der Waals surface area (Å²) in [6.45, 7) is 47.8. The third-order valence-corrected chi connectivity index (χ3v) is 15.8. The summed E-state index contributed by atoms with van der Waals surface area (Å²) in [5.41, 5.74) is 18.1. The molecule has 0 aliphatic carbocycles. The molecular formula is C90H112O8. The summed E-state index contributed by atoms with van der Waals surface area (Å²) in [6.07, 6.45) is 51.4. The largest absolute Gasteiger partial charge is 0.490 e. The Morgan fingerprint density at radius 1 is 0.265 bits per heavy atom. The van der Waals surface area contributed by atoms with E-state index < -0.39 is 0 Å². The van der Waals surface area contributed by atoms with Gasteiger partial charge in [0.05, 0.1) is 0 Å². The van der Waals surface area contributed by atoms with Crippen LogP contribution < -0.4 is 37.9 Å². The van der Waals surface area contributed by atoms with Crippen molar-refractivity contribution in [3.63, 3.8) is 0 Å². The Balaban J connectivity index is 0.000000241. The van der Waals surface area contributed by atoms with Gasteiger partial charge in [0, 0.05) is 22.3 Å². The van der Waals surface area contributed by atoms with Crippen molar-refractivity contribution in [3.8, 4) is 46.0 Å². The number of ether oxygens (including phenoxy) is 8. The van der Waals surface area contributed by atoms with Gasteiger partial charge in [-0.3, -0.25) is 0 Å². The minimum absolute atomic E-state index is 0.585. The Morgan fingerprint density at radius 3 is 0.694 bits per heavy atom. The van der Waals surface area contributed by atoms with Crippen LogP contribution >= 0.6 is 0 Å². The van der Waals surface area contributed by atoms with E-state index in [4.69, 9.17) is 37.9 Å². The van der Waals surface area contributed by atoms with Crippen LogP contribution in [0.3, 0.4) is 0 Å². The molecule has 0 amide bonds. The molecule has 4 aromatic rings. The second-order valence-corrected chi connectivity index (χ2v) is 26.3. The average Bonchev–Trinajstić information content (AvgIpc) is 0.869. The number of benzene rings is 4. The van der Waals surface area contributed by atoms with Gasteiger partial charge in [0.15, 0.2) is 0 Å². The number of hydrogen-bond donors (Lipinski definition) is 0. The van der Waals surface area contributed by atoms with Gasteiger partial charge in [-0.25, -0.2) is 0 Å². The van der Waals surface area contributed by atoms with E-state index in [1.54, 1.807) is 0 Å². The van der Waals surface area contributed by atoms with E-state index >= 15 is 0 Å². The molecule has 0 spiro atoms. The van der Waals surface area contributed by atoms with Gasteiger partial charge in [-0.2, -0.15) is 0 Å². The molecule has 0 atom stereocenters. The third-order valence-electron chi connectivity index (χ3n) is 15.8. The van der Waals surface area contributed by atoms with Crippen molar-refractivity contribution in [3.05, 3.63) is 285 Å². The summed E-state index contributed by atoms with van der Waals surface area (Å²) in [6, 6.07) is 23.4. The number of fused-ring (bicyclic) bond motifs is 4. The van der Waals surface area contributed by atoms with Crippen molar-refractivity contribution in [2.45, 2.75) is 174 Å². The number of hydrogen-bond acceptors (Lipinski definition) is 8. The van der Waals surface area contributed by atoms with E-state index in [9.17, 15) is 0 Å². The minimum Gasteiger partial charge on any atom is -0.490 e. The Bertz CT molecular complexity index is 3790. The lowest BCUT2D eigenvalue weighted by molar-refractivity contribution is 0.360. The molecule has 8 nitrogen and oxygen atoms in total. The van der Waals surface area contributed by atoms with Crippen LogP contribution in [0, 0.1) is 0 Å². The van der Waals surface area contributed by atoms with Gasteiger partial charge in [-0.15, -0.1) is 0 Å². The lowest BCUT2D eigenvalue weighted by atomic mass is 10.0. The highest BCUT2D eigenvalue weighted by molar-refractivity contribution is 5.67. The van der Waals surface area contributed by atoms with E-state index in [0.29, 0.717) is 49.5 Å². The zero-order chi connectivity index (χ0) is 71.2. The summed E-state index contributed by atoms with van der Waals surface area (Å²) in [7, 11) is 0. The van der Waals surface area contributed by atoms with Crippen LogP contribution in [0.5, 0.6) is 46.0 Å². The standard InChI is InChI=1S/C30H40O2.C25H32O2.C20H24O2.C15H16O2/c1-23(2)10-7-11-24(3)12-8-13-25(4)14-9-15-26(5)20-21-31-29-18-19-30-28(22-29)17-16-27(6)32-30;1-19(2)8-6-9-20(3)10-7-11-21(4)16-17-26-24-14-15-25-23(18-24)13-12-22(5)27-25;1-15(2)6-5-7-16(3)12-13-21-19-10-11-20-18(14-19)9-8-17(4)22-20;1-11(2)8-9-16-14-6-7-15-13(10-14)5-4-12(3)17-15/h10,12,14,16-20,22H,6-9,11,13,15,21H2,1-5H3;8,10,12-16,18H,5-7,9,11,17H2,1-4H3;6,8-12,14H,4-5,7,13H2,1-3H3;4-8,10H,3,9H2,1-2H3/b24-12+,25-14+,26-20+;20-10+,21-16+;16-12+;. The van der Waals surface area contributed by atoms with Crippen LogP contribution in [0.4, 0.5) is 0 Å². The molecule has 0 saturated carbocycles. The predicted molar refractivity (Wildman–Crippen MR) is 419 cm³/mol. The zero-order valence-corrected chi connectivity index (χ0v) is 61.7. The molecule has 0 fully saturated rings. The molecule has 520 valence electrons. The molecular weight excluding hydrogens is 1210 g/mol. The SMILES string of the molecule is C=C1C=Cc2cc(OC/C=C(\C)CC/C=C(\C)CC/C=C(\C)CCC=C(C)C)ccc2O1.C=C1C=Cc2cc(OC/C=C(\C)CC/C=C(\C)CCC=C(C)C)ccc2O1.C=C1C=Cc2cc(OC/C=C(\C)CCC=C(C)C)ccc2O1.C=C1C=Cc2cc(OCC=C(C)C)ccc2O1. The van der Waals surface area contributed by atoms with Gasteiger partial charge in [0.1, 0.15) is 95.5 Å². The summed E-state index contributed by atoms with van der Waals surface area (Å²) >= 11 is 0. The van der Waals surface area contributed by atoms with Crippen LogP contribution in [0.15, 0.2) is 263 Å². The summed E-state index contributed by atoms with van der Waals surface area (Å²) in [5.74, 6) is 9.37. The highest BCUT2D eigenvalue weighted by atomic mass is 16.5. The quantitative estimate of drug-likeness (QED) is 0.0478. The van der Waals surface area contributed by atoms with E-state index in [-0.39, 0.29) is 0 Å². The minimum atomic E-state index is 0.585. The number of allylic oxidation sites excluding steroid dienone is 20. The molecule has 4 aromatic carbocycles. The normalized spacial score (nSPS) is 13.7. The van der Waals surface area contributed by atoms with Crippen molar-refractivity contribution in [1.82, 2.24) is 0 Å². The van der Waals surface area contributed by atoms with Gasteiger partial charge in [0.2, 0.25) is 0 Å². The molecule has 0 N–H and O–H groups in total. The van der Waals surface area contributed by atoms with Crippen molar-refractivity contribution >= 4 is 24.3 Å². The molecule has 98 heavy (non-hydrogen) atoms. The van der Waals surface area contributed by atoms with Gasteiger partial charge < -0.3 is 37.9 Å². The molecule has 0 bridgehead atoms. The Kier molecular flexibility index (Phi) is 35.4. The average molecular weight is 1320 g/mol.